The molecule has 0 saturated heterocycles. The predicted molar refractivity (Wildman–Crippen MR) is 95.5 cm³/mol. The number of anilines is 2. The number of rotatable bonds is 4. The number of carbonyl (C=O) groups excluding carboxylic acids is 3. The minimum Gasteiger partial charge on any atom is -0.348 e. The van der Waals surface area contributed by atoms with Crippen LogP contribution in [0, 0.1) is 0 Å². The summed E-state index contributed by atoms with van der Waals surface area (Å²) in [6, 6.07) is 12.5. The quantitative estimate of drug-likeness (QED) is 0.897. The van der Waals surface area contributed by atoms with Gasteiger partial charge in [-0.05, 0) is 35.4 Å². The Morgan fingerprint density at radius 1 is 1.16 bits per heavy atom. The molecule has 1 aliphatic heterocycles. The maximum atomic E-state index is 12.3. The molecule has 6 heteroatoms. The van der Waals surface area contributed by atoms with Crippen LogP contribution in [0.5, 0.6) is 0 Å². The van der Waals surface area contributed by atoms with Crippen molar-refractivity contribution in [3.63, 3.8) is 0 Å². The van der Waals surface area contributed by atoms with Gasteiger partial charge in [0.2, 0.25) is 11.8 Å². The molecule has 3 rings (SSSR count). The van der Waals surface area contributed by atoms with Gasteiger partial charge >= 0.3 is 0 Å². The zero-order valence-electron chi connectivity index (χ0n) is 14.1. The monoisotopic (exact) mass is 337 g/mol. The molecule has 0 fully saturated rings. The Bertz CT molecular complexity index is 861. The molecule has 0 unspecified atom stereocenters. The molecular weight excluding hydrogens is 318 g/mol. The first-order chi connectivity index (χ1) is 11.9. The number of likely N-dealkylation sites (N-methyl/N-ethyl adjacent to an activating group) is 1. The third-order valence-corrected chi connectivity index (χ3v) is 4.12. The summed E-state index contributed by atoms with van der Waals surface area (Å²) in [5.41, 5.74) is 3.89. The first-order valence-electron chi connectivity index (χ1n) is 7.98. The van der Waals surface area contributed by atoms with Gasteiger partial charge < -0.3 is 15.5 Å². The van der Waals surface area contributed by atoms with E-state index in [0.717, 1.165) is 16.8 Å². The van der Waals surface area contributed by atoms with Crippen LogP contribution in [0.2, 0.25) is 0 Å². The van der Waals surface area contributed by atoms with Crippen molar-refractivity contribution in [2.45, 2.75) is 19.9 Å². The summed E-state index contributed by atoms with van der Waals surface area (Å²) in [5.74, 6) is -0.331. The number of nitrogens with zero attached hydrogens (tertiary/aromatic N) is 1. The number of fused-ring (bicyclic) bond motifs is 1. The van der Waals surface area contributed by atoms with E-state index in [1.807, 2.05) is 18.2 Å². The lowest BCUT2D eigenvalue weighted by molar-refractivity contribution is -0.117. The van der Waals surface area contributed by atoms with Crippen LogP contribution in [-0.4, -0.2) is 24.8 Å². The van der Waals surface area contributed by atoms with Crippen LogP contribution in [0.4, 0.5) is 11.4 Å². The van der Waals surface area contributed by atoms with Crippen molar-refractivity contribution in [1.29, 1.82) is 0 Å². The van der Waals surface area contributed by atoms with E-state index in [4.69, 9.17) is 0 Å². The molecule has 2 N–H and O–H groups in total. The van der Waals surface area contributed by atoms with E-state index < -0.39 is 0 Å². The van der Waals surface area contributed by atoms with E-state index in [2.05, 4.69) is 10.6 Å². The van der Waals surface area contributed by atoms with E-state index in [1.54, 1.807) is 36.2 Å². The normalized spacial score (nSPS) is 12.7. The van der Waals surface area contributed by atoms with Gasteiger partial charge in [0.05, 0.1) is 6.42 Å². The highest BCUT2D eigenvalue weighted by molar-refractivity contribution is 6.01. The summed E-state index contributed by atoms with van der Waals surface area (Å²) in [6.45, 7) is 1.79. The third kappa shape index (κ3) is 3.68. The zero-order valence-corrected chi connectivity index (χ0v) is 14.1. The minimum absolute atomic E-state index is 0.0750. The summed E-state index contributed by atoms with van der Waals surface area (Å²) in [6.07, 6.45) is 0.395. The fraction of sp³-hybridized carbons (Fsp3) is 0.211. The van der Waals surface area contributed by atoms with E-state index >= 15 is 0 Å². The molecule has 0 radical (unpaired) electrons. The molecule has 128 valence electrons. The topological polar surface area (TPSA) is 78.5 Å². The summed E-state index contributed by atoms with van der Waals surface area (Å²) >= 11 is 0. The minimum atomic E-state index is -0.221. The fourth-order valence-corrected chi connectivity index (χ4v) is 2.86. The lowest BCUT2D eigenvalue weighted by Gasteiger charge is -2.11. The van der Waals surface area contributed by atoms with Crippen molar-refractivity contribution < 1.29 is 14.4 Å². The maximum absolute atomic E-state index is 12.3. The number of carbonyl (C=O) groups is 3. The van der Waals surface area contributed by atoms with Gasteiger partial charge in [-0.15, -0.1) is 0 Å². The molecule has 0 bridgehead atoms. The lowest BCUT2D eigenvalue weighted by Crippen LogP contribution is -2.23. The molecule has 3 amide bonds. The Morgan fingerprint density at radius 2 is 1.96 bits per heavy atom. The lowest BCUT2D eigenvalue weighted by atomic mass is 10.1. The van der Waals surface area contributed by atoms with Crippen LogP contribution in [0.3, 0.4) is 0 Å². The van der Waals surface area contributed by atoms with Crippen LogP contribution in [-0.2, 0) is 22.6 Å². The molecule has 1 heterocycles. The Morgan fingerprint density at radius 3 is 2.72 bits per heavy atom. The number of amides is 3. The molecule has 1 aliphatic rings. The van der Waals surface area contributed by atoms with Gasteiger partial charge in [0, 0.05) is 37.5 Å². The SMILES string of the molecule is CC(=O)Nc1cccc(C(=O)NCc2ccc3c(c2)CC(=O)N3C)c1. The Hall–Kier alpha value is -3.15. The Kier molecular flexibility index (Phi) is 4.52. The second-order valence-electron chi connectivity index (χ2n) is 6.04. The number of hydrogen-bond donors (Lipinski definition) is 2. The van der Waals surface area contributed by atoms with Crippen molar-refractivity contribution in [1.82, 2.24) is 5.32 Å². The van der Waals surface area contributed by atoms with Crippen LogP contribution >= 0.6 is 0 Å². The first kappa shape index (κ1) is 16.7. The molecule has 0 saturated carbocycles. The Labute approximate surface area is 145 Å². The number of hydrogen-bond acceptors (Lipinski definition) is 3. The van der Waals surface area contributed by atoms with E-state index in [1.165, 1.54) is 6.92 Å². The summed E-state index contributed by atoms with van der Waals surface area (Å²) in [7, 11) is 1.76. The molecule has 2 aromatic rings. The van der Waals surface area contributed by atoms with Gasteiger partial charge in [-0.25, -0.2) is 0 Å². The molecule has 0 atom stereocenters. The standard InChI is InChI=1S/C19H19N3O3/c1-12(23)21-16-5-3-4-14(9-16)19(25)20-11-13-6-7-17-15(8-13)10-18(24)22(17)2/h3-9H,10-11H2,1-2H3,(H,20,25)(H,21,23). The molecule has 0 spiro atoms. The van der Waals surface area contributed by atoms with E-state index in [-0.39, 0.29) is 17.7 Å². The second kappa shape index (κ2) is 6.76. The van der Waals surface area contributed by atoms with Crippen molar-refractivity contribution in [3.8, 4) is 0 Å². The van der Waals surface area contributed by atoms with Gasteiger partial charge in [-0.3, -0.25) is 14.4 Å². The van der Waals surface area contributed by atoms with Gasteiger partial charge in [-0.2, -0.15) is 0 Å². The Balaban J connectivity index is 1.66. The van der Waals surface area contributed by atoms with Crippen molar-refractivity contribution in [2.24, 2.45) is 0 Å². The van der Waals surface area contributed by atoms with Gasteiger partial charge in [0.25, 0.3) is 5.91 Å². The first-order valence-corrected chi connectivity index (χ1v) is 7.98. The molecule has 25 heavy (non-hydrogen) atoms. The van der Waals surface area contributed by atoms with Crippen molar-refractivity contribution in [2.75, 3.05) is 17.3 Å². The smallest absolute Gasteiger partial charge is 0.251 e. The van der Waals surface area contributed by atoms with E-state index in [9.17, 15) is 14.4 Å². The predicted octanol–water partition coefficient (Wildman–Crippen LogP) is 2.09. The van der Waals surface area contributed by atoms with Gasteiger partial charge in [0.15, 0.2) is 0 Å². The third-order valence-electron chi connectivity index (χ3n) is 4.12. The van der Waals surface area contributed by atoms with Crippen LogP contribution < -0.4 is 15.5 Å². The number of nitrogens with one attached hydrogen (secondary N) is 2. The van der Waals surface area contributed by atoms with Crippen LogP contribution in [0.25, 0.3) is 0 Å². The van der Waals surface area contributed by atoms with Gasteiger partial charge in [-0.1, -0.05) is 18.2 Å². The maximum Gasteiger partial charge on any atom is 0.251 e. The average Bonchev–Trinajstić information content (AvgIpc) is 2.86. The second-order valence-corrected chi connectivity index (χ2v) is 6.04. The molecule has 0 aliphatic carbocycles. The number of benzene rings is 2. The highest BCUT2D eigenvalue weighted by Gasteiger charge is 2.23. The highest BCUT2D eigenvalue weighted by Crippen LogP contribution is 2.28. The zero-order chi connectivity index (χ0) is 18.0. The van der Waals surface area contributed by atoms with E-state index in [0.29, 0.717) is 24.2 Å². The molecule has 2 aromatic carbocycles. The van der Waals surface area contributed by atoms with Crippen LogP contribution in [0.15, 0.2) is 42.5 Å². The largest absolute Gasteiger partial charge is 0.348 e. The fourth-order valence-electron chi connectivity index (χ4n) is 2.86. The van der Waals surface area contributed by atoms with Crippen LogP contribution in [0.1, 0.15) is 28.4 Å². The molecular formula is C19H19N3O3. The van der Waals surface area contributed by atoms with Crippen molar-refractivity contribution in [3.05, 3.63) is 59.2 Å². The van der Waals surface area contributed by atoms with Gasteiger partial charge in [0.1, 0.15) is 0 Å². The highest BCUT2D eigenvalue weighted by atomic mass is 16.2. The average molecular weight is 337 g/mol. The summed E-state index contributed by atoms with van der Waals surface area (Å²) < 4.78 is 0. The molecule has 6 nitrogen and oxygen atoms in total. The molecule has 0 aromatic heterocycles. The van der Waals surface area contributed by atoms with Crippen molar-refractivity contribution >= 4 is 29.1 Å². The summed E-state index contributed by atoms with van der Waals surface area (Å²) in [5, 5.41) is 5.51. The summed E-state index contributed by atoms with van der Waals surface area (Å²) in [4.78, 5) is 36.8.